The first-order valence-electron chi connectivity index (χ1n) is 10.3. The second-order valence-corrected chi connectivity index (χ2v) is 9.19. The Kier molecular flexibility index (Phi) is 4.78. The van der Waals surface area contributed by atoms with Crippen molar-refractivity contribution < 1.29 is 14.4 Å². The number of nitrogens with one attached hydrogen (secondary N) is 1. The third-order valence-corrected chi connectivity index (χ3v) is 6.30. The highest BCUT2D eigenvalue weighted by Gasteiger charge is 2.40. The summed E-state index contributed by atoms with van der Waals surface area (Å²) in [5.74, 6) is -0.708. The van der Waals surface area contributed by atoms with Gasteiger partial charge in [-0.2, -0.15) is 0 Å². The highest BCUT2D eigenvalue weighted by atomic mass is 16.2. The molecule has 0 saturated carbocycles. The third kappa shape index (κ3) is 3.34. The lowest BCUT2D eigenvalue weighted by atomic mass is 9.89. The summed E-state index contributed by atoms with van der Waals surface area (Å²) in [5, 5.41) is 2.36. The summed E-state index contributed by atoms with van der Waals surface area (Å²) in [5.41, 5.74) is 2.94. The summed E-state index contributed by atoms with van der Waals surface area (Å²) >= 11 is 0. The van der Waals surface area contributed by atoms with E-state index in [1.807, 2.05) is 12.1 Å². The van der Waals surface area contributed by atoms with Crippen LogP contribution in [0.5, 0.6) is 0 Å². The predicted octanol–water partition coefficient (Wildman–Crippen LogP) is 2.77. The van der Waals surface area contributed by atoms with Gasteiger partial charge in [0.1, 0.15) is 6.04 Å². The molecule has 6 nitrogen and oxygen atoms in total. The number of benzene rings is 1. The summed E-state index contributed by atoms with van der Waals surface area (Å²) in [7, 11) is 0. The highest BCUT2D eigenvalue weighted by molar-refractivity contribution is 6.05. The minimum Gasteiger partial charge on any atom is -0.322 e. The number of hydrogen-bond donors (Lipinski definition) is 1. The van der Waals surface area contributed by atoms with Gasteiger partial charge in [0.25, 0.3) is 5.91 Å². The number of fused-ring (bicyclic) bond motifs is 1. The summed E-state index contributed by atoms with van der Waals surface area (Å²) in [4.78, 5) is 40.9. The van der Waals surface area contributed by atoms with E-state index in [0.717, 1.165) is 18.5 Å². The molecule has 0 bridgehead atoms. The molecule has 1 aromatic carbocycles. The van der Waals surface area contributed by atoms with Crippen molar-refractivity contribution in [3.8, 4) is 0 Å². The van der Waals surface area contributed by atoms with Gasteiger partial charge in [-0.3, -0.25) is 24.6 Å². The molecular formula is C22H29N3O3. The van der Waals surface area contributed by atoms with Crippen LogP contribution in [0.4, 0.5) is 0 Å². The number of likely N-dealkylation sites (tertiary alicyclic amines) is 1. The fraction of sp³-hybridized carbons (Fsp3) is 0.591. The molecule has 0 spiro atoms. The number of carbonyl (C=O) groups excluding carboxylic acids is 3. The van der Waals surface area contributed by atoms with Crippen molar-refractivity contribution in [2.75, 3.05) is 6.54 Å². The molecule has 3 amide bonds. The average Bonchev–Trinajstić information content (AvgIpc) is 2.97. The van der Waals surface area contributed by atoms with Gasteiger partial charge in [-0.05, 0) is 63.8 Å². The Morgan fingerprint density at radius 2 is 1.82 bits per heavy atom. The van der Waals surface area contributed by atoms with Crippen LogP contribution in [0.2, 0.25) is 0 Å². The van der Waals surface area contributed by atoms with Crippen LogP contribution in [0.15, 0.2) is 18.2 Å². The van der Waals surface area contributed by atoms with Crippen molar-refractivity contribution in [2.24, 2.45) is 0 Å². The average molecular weight is 383 g/mol. The van der Waals surface area contributed by atoms with E-state index in [0.29, 0.717) is 24.6 Å². The molecule has 4 rings (SSSR count). The van der Waals surface area contributed by atoms with Crippen LogP contribution < -0.4 is 5.32 Å². The van der Waals surface area contributed by atoms with Crippen molar-refractivity contribution in [1.82, 2.24) is 15.1 Å². The number of hydrogen-bond acceptors (Lipinski definition) is 4. The quantitative estimate of drug-likeness (QED) is 0.798. The molecule has 3 heterocycles. The summed E-state index contributed by atoms with van der Waals surface area (Å²) < 4.78 is 0. The zero-order valence-corrected chi connectivity index (χ0v) is 17.0. The van der Waals surface area contributed by atoms with E-state index >= 15 is 0 Å². The van der Waals surface area contributed by atoms with Gasteiger partial charge >= 0.3 is 0 Å². The zero-order chi connectivity index (χ0) is 20.1. The lowest BCUT2D eigenvalue weighted by Gasteiger charge is -2.45. The van der Waals surface area contributed by atoms with Gasteiger partial charge in [0.05, 0.1) is 0 Å². The number of nitrogens with zero attached hydrogens (tertiary/aromatic N) is 2. The predicted molar refractivity (Wildman–Crippen MR) is 106 cm³/mol. The van der Waals surface area contributed by atoms with Crippen molar-refractivity contribution in [3.63, 3.8) is 0 Å². The van der Waals surface area contributed by atoms with Gasteiger partial charge < -0.3 is 4.90 Å². The van der Waals surface area contributed by atoms with Crippen LogP contribution in [-0.4, -0.2) is 45.6 Å². The lowest BCUT2D eigenvalue weighted by molar-refractivity contribution is -0.136. The van der Waals surface area contributed by atoms with Gasteiger partial charge in [0, 0.05) is 30.1 Å². The number of rotatable bonds is 2. The van der Waals surface area contributed by atoms with E-state index in [9.17, 15) is 14.4 Å². The Bertz CT molecular complexity index is 827. The number of amides is 3. The number of piperidine rings is 2. The molecule has 1 aromatic rings. The summed E-state index contributed by atoms with van der Waals surface area (Å²) in [6.07, 6.45) is 4.19. The van der Waals surface area contributed by atoms with Crippen LogP contribution in [0.1, 0.15) is 80.4 Å². The molecule has 2 atom stereocenters. The minimum absolute atomic E-state index is 0.0763. The molecule has 28 heavy (non-hydrogen) atoms. The first-order chi connectivity index (χ1) is 13.3. The van der Waals surface area contributed by atoms with Crippen molar-refractivity contribution in [1.29, 1.82) is 0 Å². The molecule has 2 fully saturated rings. The van der Waals surface area contributed by atoms with Gasteiger partial charge in [-0.25, -0.2) is 0 Å². The smallest absolute Gasteiger partial charge is 0.255 e. The number of imide groups is 1. The van der Waals surface area contributed by atoms with Gasteiger partial charge in [0.2, 0.25) is 11.8 Å². The largest absolute Gasteiger partial charge is 0.322 e. The Morgan fingerprint density at radius 1 is 1.04 bits per heavy atom. The second kappa shape index (κ2) is 6.99. The second-order valence-electron chi connectivity index (χ2n) is 9.19. The molecular weight excluding hydrogens is 354 g/mol. The third-order valence-electron chi connectivity index (χ3n) is 6.30. The van der Waals surface area contributed by atoms with Crippen molar-refractivity contribution in [3.05, 3.63) is 34.9 Å². The van der Waals surface area contributed by atoms with Crippen LogP contribution in [0, 0.1) is 0 Å². The van der Waals surface area contributed by atoms with Crippen LogP contribution >= 0.6 is 0 Å². The van der Waals surface area contributed by atoms with E-state index in [4.69, 9.17) is 0 Å². The van der Waals surface area contributed by atoms with E-state index in [1.54, 1.807) is 4.90 Å². The number of carbonyl (C=O) groups is 3. The van der Waals surface area contributed by atoms with Crippen LogP contribution in [0.25, 0.3) is 0 Å². The molecule has 0 aliphatic carbocycles. The van der Waals surface area contributed by atoms with Gasteiger partial charge in [0.15, 0.2) is 0 Å². The SMILES string of the molecule is CC(C)(C)N1CCCCC1c1ccc2c(c1)C(=O)N(C1CCC(=O)NC1=O)C2. The minimum atomic E-state index is -0.554. The molecule has 2 saturated heterocycles. The van der Waals surface area contributed by atoms with E-state index in [-0.39, 0.29) is 29.7 Å². The Balaban J connectivity index is 1.59. The standard InChI is InChI=1S/C22H29N3O3/c1-22(2,3)25-11-5-4-6-17(25)14-7-8-15-13-24(21(28)16(15)12-14)18-9-10-19(26)23-20(18)27/h7-8,12,17-18H,4-6,9-11,13H2,1-3H3,(H,23,26,27). The maximum absolute atomic E-state index is 13.1. The normalized spacial score (nSPS) is 26.4. The van der Waals surface area contributed by atoms with Gasteiger partial charge in [-0.15, -0.1) is 0 Å². The molecule has 6 heteroatoms. The first kappa shape index (κ1) is 19.1. The Hall–Kier alpha value is -2.21. The summed E-state index contributed by atoms with van der Waals surface area (Å²) in [6, 6.07) is 6.00. The summed E-state index contributed by atoms with van der Waals surface area (Å²) in [6.45, 7) is 8.24. The first-order valence-corrected chi connectivity index (χ1v) is 10.3. The highest BCUT2D eigenvalue weighted by Crippen LogP contribution is 2.38. The lowest BCUT2D eigenvalue weighted by Crippen LogP contribution is -2.52. The molecule has 0 aromatic heterocycles. The fourth-order valence-electron chi connectivity index (χ4n) is 4.86. The van der Waals surface area contributed by atoms with Crippen molar-refractivity contribution >= 4 is 17.7 Å². The monoisotopic (exact) mass is 383 g/mol. The van der Waals surface area contributed by atoms with Crippen LogP contribution in [0.3, 0.4) is 0 Å². The Morgan fingerprint density at radius 3 is 2.54 bits per heavy atom. The molecule has 3 aliphatic heterocycles. The Labute approximate surface area is 166 Å². The topological polar surface area (TPSA) is 69.7 Å². The molecule has 150 valence electrons. The maximum atomic E-state index is 13.1. The molecule has 3 aliphatic rings. The van der Waals surface area contributed by atoms with E-state index < -0.39 is 6.04 Å². The van der Waals surface area contributed by atoms with E-state index in [2.05, 4.69) is 37.1 Å². The van der Waals surface area contributed by atoms with Gasteiger partial charge in [-0.1, -0.05) is 18.6 Å². The fourth-order valence-corrected chi connectivity index (χ4v) is 4.86. The zero-order valence-electron chi connectivity index (χ0n) is 17.0. The van der Waals surface area contributed by atoms with Crippen molar-refractivity contribution in [2.45, 2.75) is 77.0 Å². The molecule has 2 unspecified atom stereocenters. The molecule has 0 radical (unpaired) electrons. The van der Waals surface area contributed by atoms with E-state index in [1.165, 1.54) is 18.4 Å². The molecule has 1 N–H and O–H groups in total. The van der Waals surface area contributed by atoms with Crippen LogP contribution in [-0.2, 0) is 16.1 Å². The maximum Gasteiger partial charge on any atom is 0.255 e.